The fourth-order valence-corrected chi connectivity index (χ4v) is 2.62. The third-order valence-corrected chi connectivity index (χ3v) is 4.32. The van der Waals surface area contributed by atoms with Crippen LogP contribution >= 0.6 is 0 Å². The van der Waals surface area contributed by atoms with Crippen LogP contribution in [0.3, 0.4) is 0 Å². The van der Waals surface area contributed by atoms with E-state index < -0.39 is 10.0 Å². The number of aryl methyl sites for hydroxylation is 1. The maximum atomic E-state index is 11.7. The zero-order valence-electron chi connectivity index (χ0n) is 11.3. The molecule has 0 radical (unpaired) electrons. The number of anilines is 2. The summed E-state index contributed by atoms with van der Waals surface area (Å²) in [6.45, 7) is 2.38. The van der Waals surface area contributed by atoms with Crippen LogP contribution in [0.25, 0.3) is 0 Å². The molecule has 0 amide bonds. The van der Waals surface area contributed by atoms with Crippen LogP contribution in [0.4, 0.5) is 11.4 Å². The summed E-state index contributed by atoms with van der Waals surface area (Å²) in [6, 6.07) is 8.48. The molecule has 1 aromatic heterocycles. The average Bonchev–Trinajstić information content (AvgIpc) is 2.82. The minimum Gasteiger partial charge on any atom is -0.465 e. The molecule has 2 aromatic rings. The molecule has 20 heavy (non-hydrogen) atoms. The van der Waals surface area contributed by atoms with E-state index in [-0.39, 0.29) is 10.6 Å². The van der Waals surface area contributed by atoms with Crippen molar-refractivity contribution < 1.29 is 12.8 Å². The number of furan rings is 1. The highest BCUT2D eigenvalue weighted by Gasteiger charge is 2.15. The second-order valence-corrected chi connectivity index (χ2v) is 6.18. The van der Waals surface area contributed by atoms with Gasteiger partial charge in [0.2, 0.25) is 10.0 Å². The summed E-state index contributed by atoms with van der Waals surface area (Å²) in [5, 5.41) is 3.12. The van der Waals surface area contributed by atoms with Gasteiger partial charge in [-0.1, -0.05) is 0 Å². The zero-order valence-corrected chi connectivity index (χ0v) is 12.1. The fraction of sp³-hybridized carbons (Fsp3) is 0.231. The van der Waals surface area contributed by atoms with E-state index in [9.17, 15) is 8.42 Å². The molecule has 0 fully saturated rings. The number of hydrogen-bond acceptors (Lipinski definition) is 5. The number of nitrogens with one attached hydrogen (secondary N) is 2. The van der Waals surface area contributed by atoms with Crippen molar-refractivity contribution in [3.8, 4) is 0 Å². The summed E-state index contributed by atoms with van der Waals surface area (Å²) in [5.74, 6) is 1.64. The van der Waals surface area contributed by atoms with E-state index in [2.05, 4.69) is 10.0 Å². The highest BCUT2D eigenvalue weighted by Crippen LogP contribution is 2.22. The molecule has 0 unspecified atom stereocenters. The van der Waals surface area contributed by atoms with Crippen molar-refractivity contribution in [1.29, 1.82) is 0 Å². The fourth-order valence-electron chi connectivity index (χ4n) is 1.78. The minimum absolute atomic E-state index is 0.0689. The van der Waals surface area contributed by atoms with Gasteiger partial charge in [-0.2, -0.15) is 0 Å². The molecule has 1 aromatic carbocycles. The number of hydrogen-bond donors (Lipinski definition) is 3. The second kappa shape index (κ2) is 5.56. The Morgan fingerprint density at radius 3 is 2.55 bits per heavy atom. The maximum absolute atomic E-state index is 11.7. The Hall–Kier alpha value is -1.99. The largest absolute Gasteiger partial charge is 0.465 e. The molecule has 0 atom stereocenters. The monoisotopic (exact) mass is 295 g/mol. The first-order valence-electron chi connectivity index (χ1n) is 6.04. The molecule has 7 heteroatoms. The first-order valence-corrected chi connectivity index (χ1v) is 7.53. The van der Waals surface area contributed by atoms with Crippen molar-refractivity contribution in [3.05, 3.63) is 41.9 Å². The predicted octanol–water partition coefficient (Wildman–Crippen LogP) is 1.69. The molecule has 0 saturated carbocycles. The summed E-state index contributed by atoms with van der Waals surface area (Å²) in [6.07, 6.45) is 0. The van der Waals surface area contributed by atoms with Gasteiger partial charge >= 0.3 is 0 Å². The molecule has 108 valence electrons. The van der Waals surface area contributed by atoms with E-state index in [1.807, 2.05) is 19.1 Å². The van der Waals surface area contributed by atoms with E-state index in [4.69, 9.17) is 10.2 Å². The molecule has 4 N–H and O–H groups in total. The van der Waals surface area contributed by atoms with E-state index in [1.54, 1.807) is 12.1 Å². The minimum atomic E-state index is -3.53. The third-order valence-electron chi connectivity index (χ3n) is 2.83. The number of sulfonamides is 1. The number of nitrogen functional groups attached to an aromatic ring is 1. The quantitative estimate of drug-likeness (QED) is 0.729. The Morgan fingerprint density at radius 2 is 2.00 bits per heavy atom. The van der Waals surface area contributed by atoms with Gasteiger partial charge in [0.05, 0.1) is 12.2 Å². The number of nitrogens with two attached hydrogens (primary N) is 1. The summed E-state index contributed by atoms with van der Waals surface area (Å²) in [5.41, 5.74) is 6.70. The lowest BCUT2D eigenvalue weighted by atomic mass is 10.3. The molecular weight excluding hydrogens is 278 g/mol. The molecule has 0 saturated heterocycles. The van der Waals surface area contributed by atoms with Gasteiger partial charge in [0.15, 0.2) is 0 Å². The summed E-state index contributed by atoms with van der Waals surface area (Å²) >= 11 is 0. The van der Waals surface area contributed by atoms with Crippen molar-refractivity contribution in [2.24, 2.45) is 0 Å². The molecule has 0 spiro atoms. The lowest BCUT2D eigenvalue weighted by Gasteiger charge is -2.09. The van der Waals surface area contributed by atoms with Crippen molar-refractivity contribution in [2.75, 3.05) is 18.1 Å². The Labute approximate surface area is 118 Å². The Morgan fingerprint density at radius 1 is 1.25 bits per heavy atom. The first-order chi connectivity index (χ1) is 9.42. The van der Waals surface area contributed by atoms with E-state index in [0.29, 0.717) is 6.54 Å². The van der Waals surface area contributed by atoms with Gasteiger partial charge in [-0.15, -0.1) is 0 Å². The van der Waals surface area contributed by atoms with Crippen LogP contribution in [-0.2, 0) is 16.6 Å². The molecule has 1 heterocycles. The Bertz CT molecular complexity index is 707. The van der Waals surface area contributed by atoms with Crippen LogP contribution in [0, 0.1) is 6.92 Å². The topological polar surface area (TPSA) is 97.4 Å². The van der Waals surface area contributed by atoms with E-state index in [0.717, 1.165) is 17.2 Å². The van der Waals surface area contributed by atoms with Crippen LogP contribution in [0.1, 0.15) is 11.5 Å². The Kier molecular flexibility index (Phi) is 4.01. The summed E-state index contributed by atoms with van der Waals surface area (Å²) in [7, 11) is -2.18. The van der Waals surface area contributed by atoms with Gasteiger partial charge in [-0.3, -0.25) is 0 Å². The van der Waals surface area contributed by atoms with E-state index >= 15 is 0 Å². The van der Waals surface area contributed by atoms with Crippen LogP contribution < -0.4 is 15.8 Å². The number of benzene rings is 1. The van der Waals surface area contributed by atoms with Gasteiger partial charge in [-0.05, 0) is 44.3 Å². The van der Waals surface area contributed by atoms with Crippen molar-refractivity contribution in [3.63, 3.8) is 0 Å². The van der Waals surface area contributed by atoms with Crippen molar-refractivity contribution in [2.45, 2.75) is 18.4 Å². The molecule has 6 nitrogen and oxygen atoms in total. The summed E-state index contributed by atoms with van der Waals surface area (Å²) in [4.78, 5) is 0.0689. The maximum Gasteiger partial charge on any atom is 0.242 e. The molecular formula is C13H17N3O3S. The standard InChI is InChI=1S/C13H17N3O3S/c1-9-3-5-11(19-9)8-16-10-4-6-13(12(14)7-10)20(17,18)15-2/h3-7,15-16H,8,14H2,1-2H3. The van der Waals surface area contributed by atoms with E-state index in [1.165, 1.54) is 13.1 Å². The van der Waals surface area contributed by atoms with Gasteiger partial charge in [0, 0.05) is 5.69 Å². The smallest absolute Gasteiger partial charge is 0.242 e. The lowest BCUT2D eigenvalue weighted by Crippen LogP contribution is -2.20. The zero-order chi connectivity index (χ0) is 14.8. The molecule has 0 aliphatic rings. The SMILES string of the molecule is CNS(=O)(=O)c1ccc(NCc2ccc(C)o2)cc1N. The van der Waals surface area contributed by atoms with Crippen LogP contribution in [0.15, 0.2) is 39.6 Å². The van der Waals surface area contributed by atoms with Gasteiger partial charge in [-0.25, -0.2) is 13.1 Å². The molecule has 0 aliphatic heterocycles. The molecule has 0 bridgehead atoms. The highest BCUT2D eigenvalue weighted by atomic mass is 32.2. The average molecular weight is 295 g/mol. The number of rotatable bonds is 5. The molecule has 0 aliphatic carbocycles. The summed E-state index contributed by atoms with van der Waals surface area (Å²) < 4.78 is 31.0. The van der Waals surface area contributed by atoms with Gasteiger partial charge < -0.3 is 15.5 Å². The highest BCUT2D eigenvalue weighted by molar-refractivity contribution is 7.89. The van der Waals surface area contributed by atoms with Crippen molar-refractivity contribution in [1.82, 2.24) is 4.72 Å². The predicted molar refractivity (Wildman–Crippen MR) is 77.9 cm³/mol. The third kappa shape index (κ3) is 3.12. The van der Waals surface area contributed by atoms with Gasteiger partial charge in [0.1, 0.15) is 16.4 Å². The second-order valence-electron chi connectivity index (χ2n) is 4.33. The van der Waals surface area contributed by atoms with Crippen molar-refractivity contribution >= 4 is 21.4 Å². The lowest BCUT2D eigenvalue weighted by molar-refractivity contribution is 0.490. The van der Waals surface area contributed by atoms with Crippen LogP contribution in [0.5, 0.6) is 0 Å². The normalized spacial score (nSPS) is 11.5. The van der Waals surface area contributed by atoms with Crippen LogP contribution in [-0.4, -0.2) is 15.5 Å². The Balaban J connectivity index is 2.13. The first kappa shape index (κ1) is 14.4. The van der Waals surface area contributed by atoms with Crippen LogP contribution in [0.2, 0.25) is 0 Å². The van der Waals surface area contributed by atoms with Gasteiger partial charge in [0.25, 0.3) is 0 Å². The molecule has 2 rings (SSSR count).